The Hall–Kier alpha value is -2.74. The lowest BCUT2D eigenvalue weighted by molar-refractivity contribution is 0.0926. The van der Waals surface area contributed by atoms with Gasteiger partial charge < -0.3 is 14.8 Å². The van der Waals surface area contributed by atoms with Gasteiger partial charge in [0.15, 0.2) is 0 Å². The van der Waals surface area contributed by atoms with E-state index in [1.807, 2.05) is 6.92 Å². The lowest BCUT2D eigenvalue weighted by Gasteiger charge is -2.21. The lowest BCUT2D eigenvalue weighted by atomic mass is 10.1. The molecule has 152 valence electrons. The highest BCUT2D eigenvalue weighted by Gasteiger charge is 2.19. The predicted molar refractivity (Wildman–Crippen MR) is 110 cm³/mol. The topological polar surface area (TPSA) is 84.9 Å². The van der Waals surface area contributed by atoms with Crippen molar-refractivity contribution in [2.24, 2.45) is 0 Å². The molecule has 0 saturated heterocycles. The number of hydrogen-bond acceptors (Lipinski definition) is 5. The number of nitrogens with one attached hydrogen (secondary N) is 1. The van der Waals surface area contributed by atoms with Crippen molar-refractivity contribution in [3.05, 3.63) is 53.6 Å². The molecule has 8 heteroatoms. The van der Waals surface area contributed by atoms with Gasteiger partial charge in [0, 0.05) is 12.6 Å². The Morgan fingerprint density at radius 1 is 1.14 bits per heavy atom. The summed E-state index contributed by atoms with van der Waals surface area (Å²) in [5.74, 6) is 1.13. The second-order valence-corrected chi connectivity index (χ2v) is 8.55. The summed E-state index contributed by atoms with van der Waals surface area (Å²) >= 11 is 0. The first-order valence-corrected chi connectivity index (χ1v) is 10.6. The van der Waals surface area contributed by atoms with E-state index in [4.69, 9.17) is 9.47 Å². The van der Waals surface area contributed by atoms with Gasteiger partial charge in [0.1, 0.15) is 18.1 Å². The smallest absolute Gasteiger partial charge is 0.251 e. The zero-order valence-corrected chi connectivity index (χ0v) is 17.5. The molecule has 28 heavy (non-hydrogen) atoms. The van der Waals surface area contributed by atoms with E-state index in [0.29, 0.717) is 29.2 Å². The number of hydrogen-bond donors (Lipinski definition) is 1. The molecule has 1 N–H and O–H groups in total. The minimum Gasteiger partial charge on any atom is -0.497 e. The van der Waals surface area contributed by atoms with Crippen LogP contribution in [0.3, 0.4) is 0 Å². The molecule has 0 aliphatic heterocycles. The van der Waals surface area contributed by atoms with Crippen molar-refractivity contribution in [3.8, 4) is 11.5 Å². The fourth-order valence-electron chi connectivity index (χ4n) is 2.63. The van der Waals surface area contributed by atoms with Crippen LogP contribution in [-0.4, -0.2) is 47.4 Å². The number of carbonyl (C=O) groups is 1. The molecular weight excluding hydrogens is 380 g/mol. The van der Waals surface area contributed by atoms with E-state index < -0.39 is 10.0 Å². The van der Waals surface area contributed by atoms with Crippen LogP contribution in [0.15, 0.2) is 42.5 Å². The molecule has 2 rings (SSSR count). The quantitative estimate of drug-likeness (QED) is 0.728. The SMILES string of the molecule is COc1ccc(OC[C@H](C)NC(=O)c2cccc(N(C)S(C)(=O)=O)c2C)cc1. The number of anilines is 1. The van der Waals surface area contributed by atoms with Gasteiger partial charge in [-0.05, 0) is 55.8 Å². The van der Waals surface area contributed by atoms with Crippen molar-refractivity contribution in [3.63, 3.8) is 0 Å². The van der Waals surface area contributed by atoms with E-state index in [1.165, 1.54) is 7.05 Å². The van der Waals surface area contributed by atoms with Crippen molar-refractivity contribution >= 4 is 21.6 Å². The molecule has 0 saturated carbocycles. The van der Waals surface area contributed by atoms with Crippen LogP contribution in [0.5, 0.6) is 11.5 Å². The first-order chi connectivity index (χ1) is 13.1. The van der Waals surface area contributed by atoms with Gasteiger partial charge in [0.25, 0.3) is 5.91 Å². The van der Waals surface area contributed by atoms with Crippen LogP contribution in [0.2, 0.25) is 0 Å². The van der Waals surface area contributed by atoms with Gasteiger partial charge in [-0.2, -0.15) is 0 Å². The number of carbonyl (C=O) groups excluding carboxylic acids is 1. The van der Waals surface area contributed by atoms with Gasteiger partial charge in [-0.25, -0.2) is 8.42 Å². The summed E-state index contributed by atoms with van der Waals surface area (Å²) in [7, 11) is -0.357. The van der Waals surface area contributed by atoms with Crippen molar-refractivity contribution in [1.29, 1.82) is 0 Å². The predicted octanol–water partition coefficient (Wildman–Crippen LogP) is 2.60. The molecular formula is C20H26N2O5S. The van der Waals surface area contributed by atoms with Crippen molar-refractivity contribution in [2.45, 2.75) is 19.9 Å². The molecule has 0 radical (unpaired) electrons. The molecule has 0 aromatic heterocycles. The van der Waals surface area contributed by atoms with Crippen molar-refractivity contribution in [2.75, 3.05) is 31.3 Å². The Morgan fingerprint density at radius 2 is 1.75 bits per heavy atom. The molecule has 0 aliphatic rings. The summed E-state index contributed by atoms with van der Waals surface area (Å²) < 4.78 is 35.6. The molecule has 2 aromatic rings. The molecule has 0 spiro atoms. The van der Waals surface area contributed by atoms with Gasteiger partial charge in [-0.3, -0.25) is 9.10 Å². The average molecular weight is 407 g/mol. The normalized spacial score (nSPS) is 12.2. The Kier molecular flexibility index (Phi) is 6.90. The number of rotatable bonds is 8. The van der Waals surface area contributed by atoms with E-state index in [-0.39, 0.29) is 11.9 Å². The second kappa shape index (κ2) is 8.97. The molecule has 2 aromatic carbocycles. The Labute approximate surface area is 166 Å². The highest BCUT2D eigenvalue weighted by molar-refractivity contribution is 7.92. The minimum atomic E-state index is -3.42. The van der Waals surface area contributed by atoms with Gasteiger partial charge in [-0.15, -0.1) is 0 Å². The van der Waals surface area contributed by atoms with E-state index in [1.54, 1.807) is 56.5 Å². The van der Waals surface area contributed by atoms with Crippen molar-refractivity contribution in [1.82, 2.24) is 5.32 Å². The van der Waals surface area contributed by atoms with E-state index in [9.17, 15) is 13.2 Å². The standard InChI is InChI=1S/C20H26N2O5S/c1-14(13-27-17-11-9-16(26-4)10-12-17)21-20(23)18-7-6-8-19(15(18)2)22(3)28(5,24)25/h6-12,14H,13H2,1-5H3,(H,21,23)/t14-/m0/s1. The first-order valence-electron chi connectivity index (χ1n) is 8.74. The summed E-state index contributed by atoms with van der Waals surface area (Å²) in [6.45, 7) is 3.85. The molecule has 0 fully saturated rings. The Bertz CT molecular complexity index is 926. The van der Waals surface area contributed by atoms with Crippen LogP contribution in [0.25, 0.3) is 0 Å². The highest BCUT2D eigenvalue weighted by Crippen LogP contribution is 2.24. The maximum absolute atomic E-state index is 12.6. The van der Waals surface area contributed by atoms with Crippen LogP contribution < -0.4 is 19.1 Å². The van der Waals surface area contributed by atoms with Crippen LogP contribution >= 0.6 is 0 Å². The third-order valence-electron chi connectivity index (χ3n) is 4.32. The first kappa shape index (κ1) is 21.6. The van der Waals surface area contributed by atoms with Crippen LogP contribution in [-0.2, 0) is 10.0 Å². The zero-order chi connectivity index (χ0) is 20.9. The van der Waals surface area contributed by atoms with E-state index in [0.717, 1.165) is 16.3 Å². The molecule has 0 bridgehead atoms. The summed E-state index contributed by atoms with van der Waals surface area (Å²) in [5.41, 5.74) is 1.48. The van der Waals surface area contributed by atoms with Gasteiger partial charge in [-0.1, -0.05) is 6.07 Å². The monoisotopic (exact) mass is 406 g/mol. The number of methoxy groups -OCH3 is 1. The number of amides is 1. The van der Waals surface area contributed by atoms with Gasteiger partial charge in [0.05, 0.1) is 25.1 Å². The fraction of sp³-hybridized carbons (Fsp3) is 0.350. The molecule has 0 unspecified atom stereocenters. The maximum Gasteiger partial charge on any atom is 0.251 e. The number of nitrogens with zero attached hydrogens (tertiary/aromatic N) is 1. The second-order valence-electron chi connectivity index (χ2n) is 6.54. The Morgan fingerprint density at radius 3 is 2.32 bits per heavy atom. The third-order valence-corrected chi connectivity index (χ3v) is 5.52. The van der Waals surface area contributed by atoms with E-state index in [2.05, 4.69) is 5.32 Å². The zero-order valence-electron chi connectivity index (χ0n) is 16.7. The van der Waals surface area contributed by atoms with E-state index >= 15 is 0 Å². The molecule has 1 amide bonds. The fourth-order valence-corrected chi connectivity index (χ4v) is 3.18. The number of ether oxygens (including phenoxy) is 2. The number of sulfonamides is 1. The summed E-state index contributed by atoms with van der Waals surface area (Å²) in [6.07, 6.45) is 1.12. The highest BCUT2D eigenvalue weighted by atomic mass is 32.2. The van der Waals surface area contributed by atoms with Crippen LogP contribution in [0.1, 0.15) is 22.8 Å². The van der Waals surface area contributed by atoms with Crippen LogP contribution in [0.4, 0.5) is 5.69 Å². The lowest BCUT2D eigenvalue weighted by Crippen LogP contribution is -2.37. The molecule has 0 aliphatic carbocycles. The molecule has 1 atom stereocenters. The van der Waals surface area contributed by atoms with Crippen LogP contribution in [0, 0.1) is 6.92 Å². The molecule has 0 heterocycles. The van der Waals surface area contributed by atoms with Gasteiger partial charge in [0.2, 0.25) is 10.0 Å². The summed E-state index contributed by atoms with van der Waals surface area (Å²) in [6, 6.07) is 11.9. The average Bonchev–Trinajstić information content (AvgIpc) is 2.65. The summed E-state index contributed by atoms with van der Waals surface area (Å²) in [4.78, 5) is 12.6. The third kappa shape index (κ3) is 5.39. The Balaban J connectivity index is 2.03. The largest absolute Gasteiger partial charge is 0.497 e. The summed E-state index contributed by atoms with van der Waals surface area (Å²) in [5, 5.41) is 2.88. The minimum absolute atomic E-state index is 0.245. The van der Waals surface area contributed by atoms with Crippen molar-refractivity contribution < 1.29 is 22.7 Å². The van der Waals surface area contributed by atoms with Gasteiger partial charge >= 0.3 is 0 Å². The molecule has 7 nitrogen and oxygen atoms in total. The maximum atomic E-state index is 12.6. The number of benzene rings is 2.